The van der Waals surface area contributed by atoms with Gasteiger partial charge in [0.25, 0.3) is 0 Å². The molecule has 1 aromatic rings. The number of benzene rings is 1. The molecule has 1 aliphatic heterocycles. The van der Waals surface area contributed by atoms with Gasteiger partial charge in [0.05, 0.1) is 0 Å². The summed E-state index contributed by atoms with van der Waals surface area (Å²) in [7, 11) is 3.79. The number of nitrogens with zero attached hydrogens (tertiary/aromatic N) is 4. The highest BCUT2D eigenvalue weighted by molar-refractivity contribution is 5.36. The minimum Gasteiger partial charge on any atom is -0.340 e. The molecule has 0 unspecified atom stereocenters. The summed E-state index contributed by atoms with van der Waals surface area (Å²) < 4.78 is 13.3. The molecule has 2 rings (SSSR count). The third-order valence-corrected chi connectivity index (χ3v) is 2.39. The summed E-state index contributed by atoms with van der Waals surface area (Å²) in [5, 5.41) is 8.01. The van der Waals surface area contributed by atoms with E-state index < -0.39 is 0 Å². The number of hydrogen-bond acceptors (Lipinski definition) is 4. The molecule has 5 heteroatoms. The van der Waals surface area contributed by atoms with Gasteiger partial charge in [-0.05, 0) is 12.1 Å². The Balaban J connectivity index is 2.13. The van der Waals surface area contributed by atoms with Crippen LogP contribution >= 0.6 is 0 Å². The van der Waals surface area contributed by atoms with Gasteiger partial charge in [-0.15, -0.1) is 10.2 Å². The van der Waals surface area contributed by atoms with Crippen LogP contribution in [0.1, 0.15) is 0 Å². The average Bonchev–Trinajstić information content (AvgIpc) is 2.58. The molecule has 0 saturated heterocycles. The van der Waals surface area contributed by atoms with Gasteiger partial charge < -0.3 is 9.80 Å². The third kappa shape index (κ3) is 2.03. The fourth-order valence-electron chi connectivity index (χ4n) is 1.46. The molecule has 16 heavy (non-hydrogen) atoms. The van der Waals surface area contributed by atoms with Gasteiger partial charge in [-0.1, -0.05) is 12.1 Å². The molecule has 0 fully saturated rings. The molecule has 0 bridgehead atoms. The molecule has 0 N–H and O–H groups in total. The zero-order valence-electron chi connectivity index (χ0n) is 9.21. The quantitative estimate of drug-likeness (QED) is 0.717. The highest BCUT2D eigenvalue weighted by Gasteiger charge is 2.19. The van der Waals surface area contributed by atoms with Crippen molar-refractivity contribution in [2.24, 2.45) is 10.2 Å². The van der Waals surface area contributed by atoms with Crippen LogP contribution in [0.4, 0.5) is 10.1 Å². The van der Waals surface area contributed by atoms with E-state index in [4.69, 9.17) is 0 Å². The summed E-state index contributed by atoms with van der Waals surface area (Å²) >= 11 is 0. The van der Waals surface area contributed by atoms with Crippen molar-refractivity contribution in [1.29, 1.82) is 0 Å². The normalized spacial score (nSPS) is 16.7. The molecule has 1 heterocycles. The summed E-state index contributed by atoms with van der Waals surface area (Å²) in [5.41, 5.74) is 0.260. The molecule has 1 aromatic carbocycles. The lowest BCUT2D eigenvalue weighted by molar-refractivity contribution is 0.206. The van der Waals surface area contributed by atoms with Crippen molar-refractivity contribution >= 4 is 5.69 Å². The van der Waals surface area contributed by atoms with Crippen LogP contribution in [0, 0.1) is 5.82 Å². The monoisotopic (exact) mass is 220 g/mol. The number of azo groups is 1. The maximum atomic E-state index is 13.3. The minimum atomic E-state index is -0.359. The van der Waals surface area contributed by atoms with E-state index in [1.54, 1.807) is 18.2 Å². The first-order chi connectivity index (χ1) is 7.68. The molecule has 0 atom stereocenters. The van der Waals surface area contributed by atoms with Gasteiger partial charge in [-0.2, -0.15) is 0 Å². The number of rotatable bonds is 2. The van der Waals surface area contributed by atoms with Gasteiger partial charge in [0.1, 0.15) is 5.69 Å². The Bertz CT molecular complexity index is 418. The van der Waals surface area contributed by atoms with E-state index in [2.05, 4.69) is 10.2 Å². The van der Waals surface area contributed by atoms with Crippen LogP contribution in [-0.4, -0.2) is 30.2 Å². The predicted molar refractivity (Wildman–Crippen MR) is 59.4 cm³/mol. The van der Waals surface area contributed by atoms with Crippen molar-refractivity contribution < 1.29 is 4.39 Å². The maximum Gasteiger partial charge on any atom is 0.217 e. The zero-order valence-corrected chi connectivity index (χ0v) is 9.21. The van der Waals surface area contributed by atoms with Crippen LogP contribution in [0.15, 0.2) is 46.9 Å². The van der Waals surface area contributed by atoms with Crippen LogP contribution in [0.3, 0.4) is 0 Å². The topological polar surface area (TPSA) is 31.2 Å². The van der Waals surface area contributed by atoms with E-state index in [0.29, 0.717) is 0 Å². The van der Waals surface area contributed by atoms with Crippen molar-refractivity contribution in [3.05, 3.63) is 42.5 Å². The van der Waals surface area contributed by atoms with Gasteiger partial charge in [0, 0.05) is 26.5 Å². The Hall–Kier alpha value is -1.91. The molecule has 0 spiro atoms. The fourth-order valence-corrected chi connectivity index (χ4v) is 1.46. The van der Waals surface area contributed by atoms with E-state index in [-0.39, 0.29) is 17.8 Å². The Morgan fingerprint density at radius 2 is 1.75 bits per heavy atom. The Labute approximate surface area is 93.7 Å². The summed E-state index contributed by atoms with van der Waals surface area (Å²) in [5.74, 6) is -0.359. The van der Waals surface area contributed by atoms with E-state index in [9.17, 15) is 4.39 Å². The molecular formula is C11H13FN4. The molecule has 0 radical (unpaired) electrons. The van der Waals surface area contributed by atoms with E-state index in [0.717, 1.165) is 0 Å². The van der Waals surface area contributed by atoms with Gasteiger partial charge in [0.2, 0.25) is 6.29 Å². The lowest BCUT2D eigenvalue weighted by Gasteiger charge is -2.21. The van der Waals surface area contributed by atoms with Gasteiger partial charge in [-0.25, -0.2) is 4.39 Å². The molecule has 0 amide bonds. The van der Waals surface area contributed by atoms with E-state index in [1.807, 2.05) is 36.3 Å². The van der Waals surface area contributed by atoms with Crippen molar-refractivity contribution in [3.8, 4) is 0 Å². The summed E-state index contributed by atoms with van der Waals surface area (Å²) in [6.07, 6.45) is 3.59. The van der Waals surface area contributed by atoms with E-state index in [1.165, 1.54) is 6.07 Å². The first-order valence-corrected chi connectivity index (χ1v) is 4.96. The Morgan fingerprint density at radius 3 is 2.38 bits per heavy atom. The molecular weight excluding hydrogens is 207 g/mol. The summed E-state index contributed by atoms with van der Waals surface area (Å²) in [4.78, 5) is 3.79. The maximum absolute atomic E-state index is 13.3. The standard InChI is InChI=1S/C11H13FN4/c1-15-7-8-16(2)11(15)14-13-10-6-4-3-5-9(10)12/h3-8,11H,1-2H3/b14-13+. The number of halogens is 1. The fraction of sp³-hybridized carbons (Fsp3) is 0.273. The first kappa shape index (κ1) is 10.6. The second kappa shape index (κ2) is 4.30. The van der Waals surface area contributed by atoms with Crippen LogP contribution in [0.2, 0.25) is 0 Å². The van der Waals surface area contributed by atoms with Crippen molar-refractivity contribution in [3.63, 3.8) is 0 Å². The van der Waals surface area contributed by atoms with E-state index >= 15 is 0 Å². The smallest absolute Gasteiger partial charge is 0.217 e. The molecule has 0 aromatic heterocycles. The van der Waals surface area contributed by atoms with Crippen molar-refractivity contribution in [1.82, 2.24) is 9.80 Å². The molecule has 4 nitrogen and oxygen atoms in total. The van der Waals surface area contributed by atoms with Crippen LogP contribution in [0.25, 0.3) is 0 Å². The minimum absolute atomic E-state index is 0.195. The Morgan fingerprint density at radius 1 is 1.12 bits per heavy atom. The van der Waals surface area contributed by atoms with Gasteiger partial charge in [0.15, 0.2) is 5.82 Å². The molecule has 0 saturated carbocycles. The summed E-state index contributed by atoms with van der Waals surface area (Å²) in [6, 6.07) is 6.33. The molecule has 1 aliphatic rings. The van der Waals surface area contributed by atoms with Gasteiger partial charge in [-0.3, -0.25) is 0 Å². The molecule has 84 valence electrons. The SMILES string of the molecule is CN1C=CN(C)C1/N=N/c1ccccc1F. The summed E-state index contributed by atoms with van der Waals surface area (Å²) in [6.45, 7) is 0. The van der Waals surface area contributed by atoms with Crippen LogP contribution in [0.5, 0.6) is 0 Å². The first-order valence-electron chi connectivity index (χ1n) is 4.96. The Kier molecular flexibility index (Phi) is 2.85. The van der Waals surface area contributed by atoms with Crippen LogP contribution in [-0.2, 0) is 0 Å². The second-order valence-corrected chi connectivity index (χ2v) is 3.64. The predicted octanol–water partition coefficient (Wildman–Crippen LogP) is 2.54. The van der Waals surface area contributed by atoms with Crippen molar-refractivity contribution in [2.45, 2.75) is 6.29 Å². The third-order valence-electron chi connectivity index (χ3n) is 2.39. The van der Waals surface area contributed by atoms with Crippen LogP contribution < -0.4 is 0 Å². The molecule has 0 aliphatic carbocycles. The lowest BCUT2D eigenvalue weighted by atomic mass is 10.3. The average molecular weight is 220 g/mol. The van der Waals surface area contributed by atoms with Gasteiger partial charge >= 0.3 is 0 Å². The lowest BCUT2D eigenvalue weighted by Crippen LogP contribution is -2.31. The second-order valence-electron chi connectivity index (χ2n) is 3.64. The van der Waals surface area contributed by atoms with Crippen molar-refractivity contribution in [2.75, 3.05) is 14.1 Å². The number of hydrogen-bond donors (Lipinski definition) is 0. The zero-order chi connectivity index (χ0) is 11.5. The highest BCUT2D eigenvalue weighted by atomic mass is 19.1. The largest absolute Gasteiger partial charge is 0.340 e. The highest BCUT2D eigenvalue weighted by Crippen LogP contribution is 2.19.